The van der Waals surface area contributed by atoms with Gasteiger partial charge in [-0.1, -0.05) is 6.07 Å². The molecular formula is C10H10N4O3S. The number of hydrogen-bond acceptors (Lipinski definition) is 4. The summed E-state index contributed by atoms with van der Waals surface area (Å²) in [7, 11) is -3.79. The third-order valence-electron chi connectivity index (χ3n) is 2.17. The van der Waals surface area contributed by atoms with Crippen LogP contribution in [0.25, 0.3) is 0 Å². The van der Waals surface area contributed by atoms with Crippen LogP contribution < -0.4 is 10.5 Å². The summed E-state index contributed by atoms with van der Waals surface area (Å²) in [6.07, 6.45) is 1.44. The van der Waals surface area contributed by atoms with Crippen molar-refractivity contribution in [3.05, 3.63) is 42.2 Å². The van der Waals surface area contributed by atoms with Gasteiger partial charge in [0.05, 0.1) is 4.90 Å². The van der Waals surface area contributed by atoms with E-state index in [4.69, 9.17) is 5.14 Å². The molecule has 0 spiro atoms. The fourth-order valence-electron chi connectivity index (χ4n) is 1.33. The first kappa shape index (κ1) is 12.3. The van der Waals surface area contributed by atoms with Gasteiger partial charge >= 0.3 is 0 Å². The molecule has 0 atom stereocenters. The van der Waals surface area contributed by atoms with E-state index in [1.165, 1.54) is 30.5 Å². The minimum absolute atomic E-state index is 0.0649. The lowest BCUT2D eigenvalue weighted by Crippen LogP contribution is -2.15. The van der Waals surface area contributed by atoms with Crippen molar-refractivity contribution in [1.29, 1.82) is 0 Å². The van der Waals surface area contributed by atoms with Gasteiger partial charge in [0, 0.05) is 11.9 Å². The number of nitrogens with zero attached hydrogens (tertiary/aromatic N) is 1. The van der Waals surface area contributed by atoms with Gasteiger partial charge < -0.3 is 5.32 Å². The lowest BCUT2D eigenvalue weighted by atomic mass is 10.3. The number of aromatic amines is 1. The molecule has 0 saturated carbocycles. The van der Waals surface area contributed by atoms with E-state index in [0.29, 0.717) is 5.69 Å². The molecule has 0 unspecified atom stereocenters. The van der Waals surface area contributed by atoms with Crippen LogP contribution in [0.1, 0.15) is 10.5 Å². The number of nitrogens with two attached hydrogens (primary N) is 1. The molecule has 1 aromatic carbocycles. The number of nitrogens with one attached hydrogen (secondary N) is 2. The number of amides is 1. The molecule has 2 aromatic rings. The second-order valence-corrected chi connectivity index (χ2v) is 5.06. The van der Waals surface area contributed by atoms with Crippen molar-refractivity contribution in [2.45, 2.75) is 4.90 Å². The average molecular weight is 266 g/mol. The van der Waals surface area contributed by atoms with Gasteiger partial charge in [0.15, 0.2) is 0 Å². The minimum Gasteiger partial charge on any atom is -0.321 e. The molecule has 0 radical (unpaired) electrons. The number of aromatic nitrogens is 2. The van der Waals surface area contributed by atoms with Crippen molar-refractivity contribution in [2.24, 2.45) is 5.14 Å². The van der Waals surface area contributed by atoms with Crippen molar-refractivity contribution in [1.82, 2.24) is 10.2 Å². The van der Waals surface area contributed by atoms with Crippen LogP contribution in [-0.2, 0) is 10.0 Å². The van der Waals surface area contributed by atoms with Gasteiger partial charge in [-0.2, -0.15) is 5.10 Å². The van der Waals surface area contributed by atoms with Gasteiger partial charge in [0.2, 0.25) is 10.0 Å². The van der Waals surface area contributed by atoms with Gasteiger partial charge in [-0.25, -0.2) is 13.6 Å². The van der Waals surface area contributed by atoms with Crippen LogP contribution in [0.15, 0.2) is 41.4 Å². The number of carbonyl (C=O) groups excluding carboxylic acids is 1. The molecule has 7 nitrogen and oxygen atoms in total. The van der Waals surface area contributed by atoms with Crippen LogP contribution in [0.5, 0.6) is 0 Å². The van der Waals surface area contributed by atoms with Crippen molar-refractivity contribution < 1.29 is 13.2 Å². The molecule has 1 amide bonds. The molecule has 0 saturated heterocycles. The van der Waals surface area contributed by atoms with E-state index in [2.05, 4.69) is 15.5 Å². The predicted molar refractivity (Wildman–Crippen MR) is 64.4 cm³/mol. The summed E-state index contributed by atoms with van der Waals surface area (Å²) >= 11 is 0. The Hall–Kier alpha value is -2.19. The Kier molecular flexibility index (Phi) is 3.13. The molecule has 18 heavy (non-hydrogen) atoms. The van der Waals surface area contributed by atoms with Crippen LogP contribution >= 0.6 is 0 Å². The van der Waals surface area contributed by atoms with Gasteiger partial charge in [-0.15, -0.1) is 0 Å². The summed E-state index contributed by atoms with van der Waals surface area (Å²) in [5.41, 5.74) is 0.608. The highest BCUT2D eigenvalue weighted by Crippen LogP contribution is 2.14. The zero-order valence-electron chi connectivity index (χ0n) is 9.12. The number of carbonyl (C=O) groups is 1. The van der Waals surface area contributed by atoms with E-state index in [0.717, 1.165) is 0 Å². The Morgan fingerprint density at radius 1 is 1.33 bits per heavy atom. The SMILES string of the molecule is NS(=O)(=O)c1cccc(NC(=O)c2ccn[nH]2)c1. The number of hydrogen-bond donors (Lipinski definition) is 3. The third-order valence-corrected chi connectivity index (χ3v) is 3.08. The van der Waals surface area contributed by atoms with Gasteiger partial charge in [0.1, 0.15) is 5.69 Å². The summed E-state index contributed by atoms with van der Waals surface area (Å²) in [5, 5.41) is 13.7. The fraction of sp³-hybridized carbons (Fsp3) is 0. The number of anilines is 1. The number of sulfonamides is 1. The van der Waals surface area contributed by atoms with E-state index in [1.807, 2.05) is 0 Å². The molecule has 0 fully saturated rings. The Bertz CT molecular complexity index is 664. The maximum Gasteiger partial charge on any atom is 0.273 e. The van der Waals surface area contributed by atoms with Crippen molar-refractivity contribution in [3.63, 3.8) is 0 Å². The molecule has 0 aliphatic rings. The standard InChI is InChI=1S/C10H10N4O3S/c11-18(16,17)8-3-1-2-7(6-8)13-10(15)9-4-5-12-14-9/h1-6H,(H,12,14)(H,13,15)(H2,11,16,17). The van der Waals surface area contributed by atoms with Gasteiger partial charge in [0.25, 0.3) is 5.91 Å². The molecule has 94 valence electrons. The van der Waals surface area contributed by atoms with Crippen LogP contribution in [0.4, 0.5) is 5.69 Å². The summed E-state index contributed by atoms with van der Waals surface area (Å²) in [4.78, 5) is 11.6. The number of H-pyrrole nitrogens is 1. The highest BCUT2D eigenvalue weighted by atomic mass is 32.2. The van der Waals surface area contributed by atoms with E-state index < -0.39 is 15.9 Å². The molecular weight excluding hydrogens is 256 g/mol. The normalized spacial score (nSPS) is 11.2. The maximum atomic E-state index is 11.7. The predicted octanol–water partition coefficient (Wildman–Crippen LogP) is 0.309. The smallest absolute Gasteiger partial charge is 0.273 e. The first-order chi connectivity index (χ1) is 8.47. The highest BCUT2D eigenvalue weighted by Gasteiger charge is 2.10. The quantitative estimate of drug-likeness (QED) is 0.740. The van der Waals surface area contributed by atoms with Gasteiger partial charge in [-0.05, 0) is 24.3 Å². The van der Waals surface area contributed by atoms with E-state index in [-0.39, 0.29) is 10.6 Å². The monoisotopic (exact) mass is 266 g/mol. The zero-order chi connectivity index (χ0) is 13.2. The molecule has 0 aliphatic heterocycles. The Morgan fingerprint density at radius 3 is 2.72 bits per heavy atom. The zero-order valence-corrected chi connectivity index (χ0v) is 9.94. The first-order valence-electron chi connectivity index (χ1n) is 4.90. The molecule has 4 N–H and O–H groups in total. The van der Waals surface area contributed by atoms with Crippen LogP contribution in [0, 0.1) is 0 Å². The molecule has 1 heterocycles. The summed E-state index contributed by atoms with van der Waals surface area (Å²) in [6.45, 7) is 0. The van der Waals surface area contributed by atoms with E-state index in [9.17, 15) is 13.2 Å². The van der Waals surface area contributed by atoms with E-state index in [1.54, 1.807) is 6.07 Å². The Balaban J connectivity index is 2.23. The number of rotatable bonds is 3. The summed E-state index contributed by atoms with van der Waals surface area (Å²) in [5.74, 6) is -0.418. The number of benzene rings is 1. The van der Waals surface area contributed by atoms with Crippen molar-refractivity contribution >= 4 is 21.6 Å². The molecule has 8 heteroatoms. The second-order valence-electron chi connectivity index (χ2n) is 3.50. The topological polar surface area (TPSA) is 118 Å². The van der Waals surface area contributed by atoms with Gasteiger partial charge in [-0.3, -0.25) is 9.89 Å². The first-order valence-corrected chi connectivity index (χ1v) is 6.45. The van der Waals surface area contributed by atoms with Crippen LogP contribution in [0.2, 0.25) is 0 Å². The average Bonchev–Trinajstić information content (AvgIpc) is 2.81. The largest absolute Gasteiger partial charge is 0.321 e. The van der Waals surface area contributed by atoms with Crippen molar-refractivity contribution in [3.8, 4) is 0 Å². The maximum absolute atomic E-state index is 11.7. The lowest BCUT2D eigenvalue weighted by molar-refractivity contribution is 0.102. The van der Waals surface area contributed by atoms with E-state index >= 15 is 0 Å². The number of primary sulfonamides is 1. The second kappa shape index (κ2) is 4.59. The van der Waals surface area contributed by atoms with Crippen molar-refractivity contribution in [2.75, 3.05) is 5.32 Å². The third kappa shape index (κ3) is 2.73. The summed E-state index contributed by atoms with van der Waals surface area (Å²) < 4.78 is 22.3. The Morgan fingerprint density at radius 2 is 2.11 bits per heavy atom. The summed E-state index contributed by atoms with van der Waals surface area (Å²) in [6, 6.07) is 7.18. The molecule has 1 aromatic heterocycles. The molecule has 2 rings (SSSR count). The highest BCUT2D eigenvalue weighted by molar-refractivity contribution is 7.89. The minimum atomic E-state index is -3.79. The van der Waals surface area contributed by atoms with Crippen LogP contribution in [0.3, 0.4) is 0 Å². The fourth-order valence-corrected chi connectivity index (χ4v) is 1.89. The molecule has 0 aliphatic carbocycles. The molecule has 0 bridgehead atoms. The van der Waals surface area contributed by atoms with Crippen LogP contribution in [-0.4, -0.2) is 24.5 Å². The lowest BCUT2D eigenvalue weighted by Gasteiger charge is -2.05. The Labute approximate surface area is 103 Å².